The summed E-state index contributed by atoms with van der Waals surface area (Å²) < 4.78 is 9.23. The van der Waals surface area contributed by atoms with E-state index in [0.29, 0.717) is 17.6 Å². The molecule has 3 N–H and O–H groups in total. The smallest absolute Gasteiger partial charge is 0.197 e. The SMILES string of the molecule is COc1c(N)nsc1NC1CCSC1. The van der Waals surface area contributed by atoms with Gasteiger partial charge in [0.1, 0.15) is 0 Å². The van der Waals surface area contributed by atoms with Crippen molar-refractivity contribution in [3.8, 4) is 5.75 Å². The van der Waals surface area contributed by atoms with E-state index in [9.17, 15) is 0 Å². The van der Waals surface area contributed by atoms with Crippen molar-refractivity contribution in [1.82, 2.24) is 4.37 Å². The zero-order chi connectivity index (χ0) is 9.97. The lowest BCUT2D eigenvalue weighted by molar-refractivity contribution is 0.419. The van der Waals surface area contributed by atoms with Crippen LogP contribution in [0.4, 0.5) is 10.8 Å². The van der Waals surface area contributed by atoms with Gasteiger partial charge < -0.3 is 15.8 Å². The average Bonchev–Trinajstić information content (AvgIpc) is 2.77. The Morgan fingerprint density at radius 1 is 1.64 bits per heavy atom. The fourth-order valence-corrected chi connectivity index (χ4v) is 3.33. The van der Waals surface area contributed by atoms with Crippen LogP contribution < -0.4 is 15.8 Å². The summed E-state index contributed by atoms with van der Waals surface area (Å²) in [4.78, 5) is 0. The van der Waals surface area contributed by atoms with Crippen molar-refractivity contribution in [2.24, 2.45) is 0 Å². The van der Waals surface area contributed by atoms with Crippen LogP contribution in [0.1, 0.15) is 6.42 Å². The van der Waals surface area contributed by atoms with Crippen molar-refractivity contribution in [3.05, 3.63) is 0 Å². The Balaban J connectivity index is 2.07. The Morgan fingerprint density at radius 3 is 3.14 bits per heavy atom. The molecular formula is C8H13N3OS2. The largest absolute Gasteiger partial charge is 0.490 e. The van der Waals surface area contributed by atoms with Gasteiger partial charge in [-0.25, -0.2) is 0 Å². The first-order valence-corrected chi connectivity index (χ1v) is 6.37. The van der Waals surface area contributed by atoms with Crippen LogP contribution in [0.2, 0.25) is 0 Å². The number of nitrogen functional groups attached to an aromatic ring is 1. The van der Waals surface area contributed by atoms with Gasteiger partial charge in [0.15, 0.2) is 16.6 Å². The van der Waals surface area contributed by atoms with Crippen molar-refractivity contribution in [1.29, 1.82) is 0 Å². The number of aromatic nitrogens is 1. The maximum Gasteiger partial charge on any atom is 0.197 e. The zero-order valence-corrected chi connectivity index (χ0v) is 9.58. The molecule has 0 radical (unpaired) electrons. The summed E-state index contributed by atoms with van der Waals surface area (Å²) in [5.74, 6) is 3.55. The van der Waals surface area contributed by atoms with Gasteiger partial charge in [-0.05, 0) is 23.7 Å². The fraction of sp³-hybridized carbons (Fsp3) is 0.625. The predicted octanol–water partition coefficient (Wildman–Crippen LogP) is 1.65. The Hall–Kier alpha value is -0.620. The Kier molecular flexibility index (Phi) is 3.02. The van der Waals surface area contributed by atoms with Crippen LogP contribution in [-0.4, -0.2) is 29.0 Å². The highest BCUT2D eigenvalue weighted by Crippen LogP contribution is 2.36. The molecule has 1 fully saturated rings. The monoisotopic (exact) mass is 231 g/mol. The van der Waals surface area contributed by atoms with Gasteiger partial charge in [-0.15, -0.1) is 0 Å². The molecule has 1 aromatic heterocycles. The first kappa shape index (κ1) is 9.92. The number of ether oxygens (including phenoxy) is 1. The van der Waals surface area contributed by atoms with Crippen molar-refractivity contribution < 1.29 is 4.74 Å². The first-order chi connectivity index (χ1) is 6.81. The zero-order valence-electron chi connectivity index (χ0n) is 7.95. The first-order valence-electron chi connectivity index (χ1n) is 4.44. The Morgan fingerprint density at radius 2 is 2.50 bits per heavy atom. The molecule has 6 heteroatoms. The molecule has 0 bridgehead atoms. The highest BCUT2D eigenvalue weighted by molar-refractivity contribution is 7.99. The molecule has 0 aromatic carbocycles. The van der Waals surface area contributed by atoms with E-state index in [1.807, 2.05) is 11.8 Å². The van der Waals surface area contributed by atoms with E-state index in [1.165, 1.54) is 23.7 Å². The van der Waals surface area contributed by atoms with Crippen molar-refractivity contribution in [2.75, 3.05) is 29.7 Å². The van der Waals surface area contributed by atoms with E-state index < -0.39 is 0 Å². The fourth-order valence-electron chi connectivity index (χ4n) is 1.42. The number of nitrogens with two attached hydrogens (primary N) is 1. The summed E-state index contributed by atoms with van der Waals surface area (Å²) in [5.41, 5.74) is 5.66. The van der Waals surface area contributed by atoms with Crippen LogP contribution in [0.15, 0.2) is 0 Å². The molecule has 78 valence electrons. The average molecular weight is 231 g/mol. The Labute approximate surface area is 91.4 Å². The lowest BCUT2D eigenvalue weighted by Gasteiger charge is -2.11. The van der Waals surface area contributed by atoms with E-state index in [-0.39, 0.29) is 0 Å². The molecule has 1 aliphatic rings. The third-order valence-corrected chi connectivity index (χ3v) is 4.08. The van der Waals surface area contributed by atoms with Crippen molar-refractivity contribution in [3.63, 3.8) is 0 Å². The number of hydrogen-bond acceptors (Lipinski definition) is 6. The summed E-state index contributed by atoms with van der Waals surface area (Å²) >= 11 is 3.34. The summed E-state index contributed by atoms with van der Waals surface area (Å²) in [6, 6.07) is 0.536. The number of nitrogens with zero attached hydrogens (tertiary/aromatic N) is 1. The van der Waals surface area contributed by atoms with Crippen molar-refractivity contribution >= 4 is 34.1 Å². The minimum Gasteiger partial charge on any atom is -0.490 e. The van der Waals surface area contributed by atoms with Crippen molar-refractivity contribution in [2.45, 2.75) is 12.5 Å². The van der Waals surface area contributed by atoms with Gasteiger partial charge in [0, 0.05) is 11.8 Å². The second kappa shape index (κ2) is 4.27. The summed E-state index contributed by atoms with van der Waals surface area (Å²) in [6.07, 6.45) is 1.20. The molecule has 0 amide bonds. The molecule has 1 unspecified atom stereocenters. The van der Waals surface area contributed by atoms with E-state index in [0.717, 1.165) is 10.8 Å². The summed E-state index contributed by atoms with van der Waals surface area (Å²) in [7, 11) is 1.62. The number of methoxy groups -OCH3 is 1. The number of rotatable bonds is 3. The van der Waals surface area contributed by atoms with E-state index >= 15 is 0 Å². The minimum absolute atomic E-state index is 0.477. The summed E-state index contributed by atoms with van der Waals surface area (Å²) in [6.45, 7) is 0. The van der Waals surface area contributed by atoms with Gasteiger partial charge in [0.05, 0.1) is 7.11 Å². The van der Waals surface area contributed by atoms with Gasteiger partial charge in [-0.1, -0.05) is 0 Å². The second-order valence-corrected chi connectivity index (χ2v) is 5.06. The molecule has 4 nitrogen and oxygen atoms in total. The summed E-state index contributed by atoms with van der Waals surface area (Å²) in [5, 5.41) is 4.37. The normalized spacial score (nSPS) is 21.1. The molecule has 1 saturated heterocycles. The minimum atomic E-state index is 0.477. The quantitative estimate of drug-likeness (QED) is 0.828. The lowest BCUT2D eigenvalue weighted by atomic mass is 10.3. The van der Waals surface area contributed by atoms with E-state index in [2.05, 4.69) is 9.69 Å². The van der Waals surface area contributed by atoms with Crippen LogP contribution in [0.3, 0.4) is 0 Å². The van der Waals surface area contributed by atoms with Gasteiger partial charge in [0.25, 0.3) is 0 Å². The molecule has 0 aliphatic carbocycles. The van der Waals surface area contributed by atoms with Crippen LogP contribution in [0.25, 0.3) is 0 Å². The van der Waals surface area contributed by atoms with Gasteiger partial charge >= 0.3 is 0 Å². The second-order valence-electron chi connectivity index (χ2n) is 3.14. The van der Waals surface area contributed by atoms with Crippen LogP contribution >= 0.6 is 23.3 Å². The van der Waals surface area contributed by atoms with Gasteiger partial charge in [0.2, 0.25) is 0 Å². The third-order valence-electron chi connectivity index (χ3n) is 2.14. The lowest BCUT2D eigenvalue weighted by Crippen LogP contribution is -2.17. The number of hydrogen-bond donors (Lipinski definition) is 2. The molecule has 1 atom stereocenters. The van der Waals surface area contributed by atoms with Gasteiger partial charge in [-0.2, -0.15) is 16.1 Å². The van der Waals surface area contributed by atoms with Crippen LogP contribution in [0, 0.1) is 0 Å². The molecule has 1 aromatic rings. The third kappa shape index (κ3) is 1.90. The van der Waals surface area contributed by atoms with E-state index in [1.54, 1.807) is 7.11 Å². The predicted molar refractivity (Wildman–Crippen MR) is 62.4 cm³/mol. The topological polar surface area (TPSA) is 60.2 Å². The molecule has 14 heavy (non-hydrogen) atoms. The highest BCUT2D eigenvalue weighted by atomic mass is 32.2. The number of thioether (sulfide) groups is 1. The molecule has 0 saturated carbocycles. The molecular weight excluding hydrogens is 218 g/mol. The molecule has 2 heterocycles. The number of anilines is 2. The van der Waals surface area contributed by atoms with Crippen LogP contribution in [-0.2, 0) is 0 Å². The van der Waals surface area contributed by atoms with Crippen LogP contribution in [0.5, 0.6) is 5.75 Å². The molecule has 1 aliphatic heterocycles. The highest BCUT2D eigenvalue weighted by Gasteiger charge is 2.19. The van der Waals surface area contributed by atoms with Gasteiger partial charge in [-0.3, -0.25) is 0 Å². The van der Waals surface area contributed by atoms with E-state index in [4.69, 9.17) is 10.5 Å². The maximum absolute atomic E-state index is 5.66. The number of nitrogens with one attached hydrogen (secondary N) is 1. The molecule has 2 rings (SSSR count). The molecule has 0 spiro atoms. The maximum atomic E-state index is 5.66. The Bertz CT molecular complexity index is 310. The standard InChI is InChI=1S/C8H13N3OS2/c1-12-6-7(9)11-14-8(6)10-5-2-3-13-4-5/h5,10H,2-4H2,1H3,(H2,9,11).